The van der Waals surface area contributed by atoms with Crippen LogP contribution < -0.4 is 5.56 Å². The number of likely N-dealkylation sites (tertiary alicyclic amines) is 1. The predicted molar refractivity (Wildman–Crippen MR) is 111 cm³/mol. The van der Waals surface area contributed by atoms with Gasteiger partial charge in [0.25, 0.3) is 11.5 Å². The summed E-state index contributed by atoms with van der Waals surface area (Å²) in [5.74, 6) is 0.756. The van der Waals surface area contributed by atoms with Crippen molar-refractivity contribution >= 4 is 5.91 Å². The number of hydrogen-bond donors (Lipinski definition) is 1. The molecule has 3 heterocycles. The molecule has 0 saturated carbocycles. The first kappa shape index (κ1) is 19.9. The molecule has 1 spiro atoms. The number of nitrogens with zero attached hydrogens (tertiary/aromatic N) is 4. The highest BCUT2D eigenvalue weighted by atomic mass is 16.2. The Hall–Kier alpha value is -2.44. The second-order valence-corrected chi connectivity index (χ2v) is 9.59. The minimum absolute atomic E-state index is 0.0139. The van der Waals surface area contributed by atoms with Gasteiger partial charge in [0.15, 0.2) is 0 Å². The Balaban J connectivity index is 1.70. The number of aromatic nitrogens is 4. The summed E-state index contributed by atoms with van der Waals surface area (Å²) < 4.78 is 1.78. The maximum Gasteiger partial charge on any atom is 0.272 e. The largest absolute Gasteiger partial charge is 0.336 e. The highest BCUT2D eigenvalue weighted by molar-refractivity contribution is 5.93. The third-order valence-electron chi connectivity index (χ3n) is 6.37. The minimum Gasteiger partial charge on any atom is -0.336 e. The van der Waals surface area contributed by atoms with Gasteiger partial charge < -0.3 is 9.88 Å². The summed E-state index contributed by atoms with van der Waals surface area (Å²) in [7, 11) is 0. The van der Waals surface area contributed by atoms with Crippen LogP contribution in [-0.2, 0) is 23.8 Å². The Morgan fingerprint density at radius 1 is 1.31 bits per heavy atom. The first-order valence-corrected chi connectivity index (χ1v) is 10.6. The van der Waals surface area contributed by atoms with Gasteiger partial charge >= 0.3 is 0 Å². The van der Waals surface area contributed by atoms with Crippen LogP contribution in [0.2, 0.25) is 0 Å². The van der Waals surface area contributed by atoms with E-state index in [0.29, 0.717) is 18.8 Å². The molecule has 1 aliphatic heterocycles. The maximum atomic E-state index is 13.3. The van der Waals surface area contributed by atoms with Gasteiger partial charge in [-0.2, -0.15) is 5.10 Å². The molecule has 1 atom stereocenters. The normalized spacial score (nSPS) is 21.6. The molecule has 1 N–H and O–H groups in total. The van der Waals surface area contributed by atoms with Gasteiger partial charge in [-0.05, 0) is 45.6 Å². The average Bonchev–Trinajstić information content (AvgIpc) is 3.22. The molecule has 2 aliphatic rings. The van der Waals surface area contributed by atoms with Gasteiger partial charge in [0, 0.05) is 36.0 Å². The van der Waals surface area contributed by atoms with Crippen molar-refractivity contribution in [2.75, 3.05) is 13.1 Å². The average molecular weight is 398 g/mol. The molecule has 1 amide bonds. The van der Waals surface area contributed by atoms with Crippen LogP contribution in [0.5, 0.6) is 0 Å². The molecule has 7 heteroatoms. The zero-order valence-electron chi connectivity index (χ0n) is 18.1. The summed E-state index contributed by atoms with van der Waals surface area (Å²) in [5.41, 5.74) is 2.77. The van der Waals surface area contributed by atoms with Crippen molar-refractivity contribution < 1.29 is 4.79 Å². The molecule has 156 valence electrons. The number of fused-ring (bicyclic) bond motifs is 2. The molecule has 29 heavy (non-hydrogen) atoms. The Bertz CT molecular complexity index is 1010. The summed E-state index contributed by atoms with van der Waals surface area (Å²) in [4.78, 5) is 35.9. The van der Waals surface area contributed by atoms with E-state index in [9.17, 15) is 9.59 Å². The zero-order chi connectivity index (χ0) is 21.0. The van der Waals surface area contributed by atoms with E-state index in [-0.39, 0.29) is 22.3 Å². The Kier molecular flexibility index (Phi) is 4.67. The molecule has 1 fully saturated rings. The molecule has 1 unspecified atom stereocenters. The predicted octanol–water partition coefficient (Wildman–Crippen LogP) is 2.71. The lowest BCUT2D eigenvalue weighted by atomic mass is 9.77. The smallest absolute Gasteiger partial charge is 0.272 e. The number of rotatable bonds is 2. The van der Waals surface area contributed by atoms with Crippen molar-refractivity contribution in [1.29, 1.82) is 0 Å². The molecule has 2 aromatic heterocycles. The van der Waals surface area contributed by atoms with Gasteiger partial charge in [-0.3, -0.25) is 14.3 Å². The molecule has 7 nitrogen and oxygen atoms in total. The Morgan fingerprint density at radius 3 is 2.76 bits per heavy atom. The monoisotopic (exact) mass is 397 g/mol. The molecule has 4 rings (SSSR count). The van der Waals surface area contributed by atoms with E-state index in [2.05, 4.69) is 30.9 Å². The fourth-order valence-corrected chi connectivity index (χ4v) is 4.83. The van der Waals surface area contributed by atoms with Gasteiger partial charge in [0.05, 0.1) is 11.4 Å². The van der Waals surface area contributed by atoms with E-state index >= 15 is 0 Å². The van der Waals surface area contributed by atoms with E-state index in [1.54, 1.807) is 4.68 Å². The van der Waals surface area contributed by atoms with Crippen LogP contribution >= 0.6 is 0 Å². The van der Waals surface area contributed by atoms with Gasteiger partial charge in [-0.15, -0.1) is 0 Å². The minimum atomic E-state index is -0.229. The first-order chi connectivity index (χ1) is 13.6. The van der Waals surface area contributed by atoms with Crippen LogP contribution in [0.15, 0.2) is 10.9 Å². The summed E-state index contributed by atoms with van der Waals surface area (Å²) >= 11 is 0. The van der Waals surface area contributed by atoms with Crippen molar-refractivity contribution in [3.8, 4) is 0 Å². The number of aryl methyl sites for hydroxylation is 2. The molecule has 2 aromatic rings. The van der Waals surface area contributed by atoms with E-state index in [0.717, 1.165) is 55.0 Å². The Morgan fingerprint density at radius 2 is 2.07 bits per heavy atom. The van der Waals surface area contributed by atoms with Crippen molar-refractivity contribution in [3.05, 3.63) is 44.9 Å². The topological polar surface area (TPSA) is 83.9 Å². The number of carbonyl (C=O) groups excluding carboxylic acids is 1. The fraction of sp³-hybridized carbons (Fsp3) is 0.636. The molecule has 0 aromatic carbocycles. The van der Waals surface area contributed by atoms with E-state index in [1.165, 1.54) is 0 Å². The highest BCUT2D eigenvalue weighted by Crippen LogP contribution is 2.43. The quantitative estimate of drug-likeness (QED) is 0.844. The molecule has 1 aliphatic carbocycles. The van der Waals surface area contributed by atoms with Gasteiger partial charge in [-0.1, -0.05) is 20.8 Å². The highest BCUT2D eigenvalue weighted by Gasteiger charge is 2.46. The van der Waals surface area contributed by atoms with Gasteiger partial charge in [-0.25, -0.2) is 4.98 Å². The first-order valence-electron chi connectivity index (χ1n) is 10.6. The van der Waals surface area contributed by atoms with E-state index in [1.807, 2.05) is 24.8 Å². The van der Waals surface area contributed by atoms with Crippen LogP contribution in [-0.4, -0.2) is 43.6 Å². The van der Waals surface area contributed by atoms with Crippen LogP contribution in [0.3, 0.4) is 0 Å². The third-order valence-corrected chi connectivity index (χ3v) is 6.37. The van der Waals surface area contributed by atoms with Crippen LogP contribution in [0.4, 0.5) is 0 Å². The Labute approximate surface area is 171 Å². The summed E-state index contributed by atoms with van der Waals surface area (Å²) in [6.45, 7) is 12.1. The number of carbonyl (C=O) groups is 1. The lowest BCUT2D eigenvalue weighted by molar-refractivity contribution is 0.0620. The summed E-state index contributed by atoms with van der Waals surface area (Å²) in [6.07, 6.45) is 3.50. The van der Waals surface area contributed by atoms with Crippen molar-refractivity contribution in [1.82, 2.24) is 24.6 Å². The molecular weight excluding hydrogens is 366 g/mol. The lowest BCUT2D eigenvalue weighted by Gasteiger charge is -2.40. The number of aromatic amines is 1. The van der Waals surface area contributed by atoms with E-state index in [4.69, 9.17) is 4.98 Å². The lowest BCUT2D eigenvalue weighted by Crippen LogP contribution is -2.48. The third kappa shape index (κ3) is 3.30. The van der Waals surface area contributed by atoms with Crippen molar-refractivity contribution in [2.24, 2.45) is 0 Å². The maximum absolute atomic E-state index is 13.3. The van der Waals surface area contributed by atoms with Crippen molar-refractivity contribution in [3.63, 3.8) is 0 Å². The number of H-pyrrole nitrogens is 1. The zero-order valence-corrected chi connectivity index (χ0v) is 18.1. The standard InChI is InChI=1S/C22H31N5O2/c1-6-27-16(12-14(2)25-27)19(29)26-11-7-9-22(13-26)10-8-15-17(22)23-20(21(3,4)5)24-18(15)28/h12H,6-11,13H2,1-5H3,(H,23,24,28). The molecular formula is C22H31N5O2. The second kappa shape index (κ2) is 6.82. The number of hydrogen-bond acceptors (Lipinski definition) is 4. The number of piperidine rings is 1. The van der Waals surface area contributed by atoms with Crippen LogP contribution in [0.1, 0.15) is 80.2 Å². The number of nitrogens with one attached hydrogen (secondary N) is 1. The summed E-state index contributed by atoms with van der Waals surface area (Å²) in [5, 5.41) is 4.43. The molecule has 1 saturated heterocycles. The van der Waals surface area contributed by atoms with Gasteiger partial charge in [0.2, 0.25) is 0 Å². The van der Waals surface area contributed by atoms with Crippen molar-refractivity contribution in [2.45, 2.75) is 77.7 Å². The molecule has 0 bridgehead atoms. The number of amides is 1. The van der Waals surface area contributed by atoms with E-state index < -0.39 is 0 Å². The SMILES string of the molecule is CCn1nc(C)cc1C(=O)N1CCCC2(CCc3c2nc(C(C)(C)C)[nH]c3=O)C1. The summed E-state index contributed by atoms with van der Waals surface area (Å²) in [6, 6.07) is 1.87. The second-order valence-electron chi connectivity index (χ2n) is 9.59. The fourth-order valence-electron chi connectivity index (χ4n) is 4.83. The van der Waals surface area contributed by atoms with Gasteiger partial charge in [0.1, 0.15) is 11.5 Å². The van der Waals surface area contributed by atoms with Crippen LogP contribution in [0, 0.1) is 6.92 Å². The molecule has 0 radical (unpaired) electrons. The van der Waals surface area contributed by atoms with Crippen LogP contribution in [0.25, 0.3) is 0 Å².